The topological polar surface area (TPSA) is 383 Å². The molecule has 1 aromatic rings. The van der Waals surface area contributed by atoms with Crippen LogP contribution in [-0.2, 0) is 71.7 Å². The summed E-state index contributed by atoms with van der Waals surface area (Å²) in [6.45, 7) is 8.37. The number of aliphatic carboxylic acids is 4. The molecule has 0 aliphatic rings. The molecule has 1 aromatic carbocycles. The van der Waals surface area contributed by atoms with E-state index in [1.807, 2.05) is 12.1 Å². The summed E-state index contributed by atoms with van der Waals surface area (Å²) in [5.74, 6) is -8.33. The lowest BCUT2D eigenvalue weighted by Crippen LogP contribution is -2.42. The maximum Gasteiger partial charge on any atom is 0.372 e. The van der Waals surface area contributed by atoms with Gasteiger partial charge in [-0.3, -0.25) is 43.2 Å². The van der Waals surface area contributed by atoms with E-state index in [1.165, 1.54) is 19.3 Å². The summed E-state index contributed by atoms with van der Waals surface area (Å²) in [5, 5.41) is 50.1. The van der Waals surface area contributed by atoms with E-state index in [0.717, 1.165) is 76.4 Å². The second-order valence-electron chi connectivity index (χ2n) is 21.4. The first-order valence-corrected chi connectivity index (χ1v) is 31.5. The van der Waals surface area contributed by atoms with Gasteiger partial charge in [-0.25, -0.2) is 14.4 Å². The lowest BCUT2D eigenvalue weighted by Gasteiger charge is -2.15. The monoisotopic (exact) mass is 1250 g/mol. The van der Waals surface area contributed by atoms with Crippen LogP contribution in [0, 0.1) is 5.92 Å². The molecule has 25 nitrogen and oxygen atoms in total. The van der Waals surface area contributed by atoms with Gasteiger partial charge < -0.3 is 66.0 Å². The third-order valence-electron chi connectivity index (χ3n) is 13.8. The van der Waals surface area contributed by atoms with Gasteiger partial charge in [-0.2, -0.15) is 0 Å². The number of carboxylic acid groups (broad SMARTS) is 4. The van der Waals surface area contributed by atoms with Crippen LogP contribution in [0.3, 0.4) is 0 Å². The number of nitrogens with one attached hydrogen (secondary N) is 5. The van der Waals surface area contributed by atoms with Crippen LogP contribution in [0.25, 0.3) is 0 Å². The lowest BCUT2D eigenvalue weighted by atomic mass is 9.96. The standard InChI is InChI=1S/C41H68N2O15.C22H35N3O5/c1-2-30(38(49)50)28-32(45)22-24-34(40(53)54)43-37(48)29-58-27-26-57-25-17-18-31(44)21-23-33(39(51)52)42-36(47)20-16-14-12-10-8-6-4-3-5-7-9-11-13-15-19-35(46)41(55)56;1-3-11-23-19-9-7-18(8-10-19)22(28)25-12-5-6-20(26)17-30-16-15-29-14-13-24-21(27)4-2/h30,33-34H,2-29H2,1H3,(H,42,47)(H,43,48)(H,49,50)(H,51,52)(H,53,54)(H,55,56);7-10,23H,3-6,11-17H2,1-2H3,(H,24,27)(H,25,28)/t30?,33-,34-;/m0./s1. The van der Waals surface area contributed by atoms with Gasteiger partial charge in [0, 0.05) is 88.9 Å². The number of hydrogen-bond acceptors (Lipinski definition) is 17. The van der Waals surface area contributed by atoms with Crippen molar-refractivity contribution in [3.63, 3.8) is 0 Å². The average molecular weight is 1250 g/mol. The van der Waals surface area contributed by atoms with Crippen LogP contribution in [0.1, 0.15) is 211 Å². The van der Waals surface area contributed by atoms with Crippen LogP contribution in [0.5, 0.6) is 0 Å². The molecule has 0 aromatic heterocycles. The van der Waals surface area contributed by atoms with Gasteiger partial charge in [0.25, 0.3) is 5.91 Å². The van der Waals surface area contributed by atoms with Crippen LogP contribution >= 0.6 is 0 Å². The highest BCUT2D eigenvalue weighted by Crippen LogP contribution is 2.16. The van der Waals surface area contributed by atoms with Crippen molar-refractivity contribution in [2.24, 2.45) is 5.92 Å². The Morgan fingerprint density at radius 2 is 0.932 bits per heavy atom. The number of carbonyl (C=O) groups excluding carboxylic acids is 8. The smallest absolute Gasteiger partial charge is 0.372 e. The molecular formula is C63H103N5O20. The molecule has 0 bridgehead atoms. The molecule has 0 fully saturated rings. The number of amides is 4. The van der Waals surface area contributed by atoms with E-state index in [0.29, 0.717) is 77.0 Å². The van der Waals surface area contributed by atoms with Crippen molar-refractivity contribution in [1.82, 2.24) is 21.3 Å². The number of Topliss-reactive ketones (excluding diaryl/α,β-unsaturated/α-hetero) is 4. The third kappa shape index (κ3) is 47.4. The predicted molar refractivity (Wildman–Crippen MR) is 328 cm³/mol. The fourth-order valence-electron chi connectivity index (χ4n) is 8.56. The summed E-state index contributed by atoms with van der Waals surface area (Å²) in [6.07, 6.45) is 17.2. The Morgan fingerprint density at radius 1 is 0.432 bits per heavy atom. The van der Waals surface area contributed by atoms with Gasteiger partial charge in [0.2, 0.25) is 23.5 Å². The van der Waals surface area contributed by atoms with E-state index in [2.05, 4.69) is 33.5 Å². The van der Waals surface area contributed by atoms with E-state index in [4.69, 9.17) is 29.2 Å². The molecule has 9 N–H and O–H groups in total. The predicted octanol–water partition coefficient (Wildman–Crippen LogP) is 7.18. The third-order valence-corrected chi connectivity index (χ3v) is 13.8. The van der Waals surface area contributed by atoms with Gasteiger partial charge >= 0.3 is 23.9 Å². The van der Waals surface area contributed by atoms with Crippen molar-refractivity contribution in [1.29, 1.82) is 0 Å². The molecule has 0 saturated heterocycles. The zero-order valence-corrected chi connectivity index (χ0v) is 52.4. The number of anilines is 1. The molecule has 3 atom stereocenters. The number of unbranched alkanes of at least 4 members (excludes halogenated alkanes) is 13. The fourth-order valence-corrected chi connectivity index (χ4v) is 8.56. The molecular weight excluding hydrogens is 1150 g/mol. The fraction of sp³-hybridized carbons (Fsp3) is 0.714. The maximum atomic E-state index is 12.3. The number of rotatable bonds is 58. The Bertz CT molecular complexity index is 2190. The summed E-state index contributed by atoms with van der Waals surface area (Å²) < 4.78 is 21.2. The SMILES string of the molecule is CCC(CC(=O)CC[C@H](NC(=O)COCCOCCCC(=O)CC[C@H](NC(=O)CCCCCCCCCCCCCCCCC(=O)C(=O)O)C(=O)O)C(=O)O)C(=O)O.CCCNc1ccc(C(=O)NCCCC(=O)COCCOCCNC(=O)CC)cc1. The molecule has 0 aliphatic carbocycles. The Labute approximate surface area is 519 Å². The summed E-state index contributed by atoms with van der Waals surface area (Å²) in [5.41, 5.74) is 1.59. The molecule has 4 amide bonds. The van der Waals surface area contributed by atoms with Crippen LogP contribution < -0.4 is 26.6 Å². The normalized spacial score (nSPS) is 11.9. The summed E-state index contributed by atoms with van der Waals surface area (Å²) in [4.78, 5) is 139. The van der Waals surface area contributed by atoms with Gasteiger partial charge in [-0.1, -0.05) is 97.8 Å². The second-order valence-corrected chi connectivity index (χ2v) is 21.4. The van der Waals surface area contributed by atoms with Gasteiger partial charge in [0.15, 0.2) is 5.78 Å². The summed E-state index contributed by atoms with van der Waals surface area (Å²) in [7, 11) is 0. The van der Waals surface area contributed by atoms with Crippen molar-refractivity contribution in [3.8, 4) is 0 Å². The Balaban J connectivity index is 0.00000210. The maximum absolute atomic E-state index is 12.3. The van der Waals surface area contributed by atoms with Crippen LogP contribution in [-0.4, -0.2) is 176 Å². The van der Waals surface area contributed by atoms with Crippen molar-refractivity contribution in [2.45, 2.75) is 213 Å². The van der Waals surface area contributed by atoms with Crippen molar-refractivity contribution < 1.29 is 96.9 Å². The highest BCUT2D eigenvalue weighted by atomic mass is 16.5. The Kier molecular flexibility index (Phi) is 50.3. The Morgan fingerprint density at radius 3 is 1.45 bits per heavy atom. The van der Waals surface area contributed by atoms with Crippen molar-refractivity contribution in [2.75, 3.05) is 77.8 Å². The largest absolute Gasteiger partial charge is 0.481 e. The number of carboxylic acids is 4. The number of ether oxygens (including phenoxy) is 4. The van der Waals surface area contributed by atoms with Crippen LogP contribution in [0.4, 0.5) is 5.69 Å². The van der Waals surface area contributed by atoms with Crippen LogP contribution in [0.2, 0.25) is 0 Å². The highest BCUT2D eigenvalue weighted by molar-refractivity contribution is 6.32. The molecule has 1 unspecified atom stereocenters. The van der Waals surface area contributed by atoms with Gasteiger partial charge in [0.05, 0.1) is 39.0 Å². The molecule has 0 spiro atoms. The van der Waals surface area contributed by atoms with E-state index in [9.17, 15) is 67.7 Å². The average Bonchev–Trinajstić information content (AvgIpc) is 3.71. The zero-order valence-electron chi connectivity index (χ0n) is 52.4. The molecule has 1 rings (SSSR count). The second kappa shape index (κ2) is 54.5. The first kappa shape index (κ1) is 81.3. The molecule has 0 saturated carbocycles. The number of hydrogen-bond donors (Lipinski definition) is 9. The minimum absolute atomic E-state index is 0.00532. The lowest BCUT2D eigenvalue weighted by molar-refractivity contribution is -0.149. The highest BCUT2D eigenvalue weighted by Gasteiger charge is 2.25. The first-order valence-electron chi connectivity index (χ1n) is 31.5. The quantitative estimate of drug-likeness (QED) is 0.0230. The molecule has 0 radical (unpaired) electrons. The molecule has 88 heavy (non-hydrogen) atoms. The summed E-state index contributed by atoms with van der Waals surface area (Å²) in [6, 6.07) is 4.85. The Hall–Kier alpha value is -6.70. The van der Waals surface area contributed by atoms with E-state index in [1.54, 1.807) is 26.0 Å². The van der Waals surface area contributed by atoms with E-state index in [-0.39, 0.29) is 114 Å². The number of ketones is 4. The number of carbonyl (C=O) groups is 12. The van der Waals surface area contributed by atoms with Crippen molar-refractivity contribution >= 4 is 76.3 Å². The minimum Gasteiger partial charge on any atom is -0.481 e. The molecule has 25 heteroatoms. The first-order chi connectivity index (χ1) is 42.2. The summed E-state index contributed by atoms with van der Waals surface area (Å²) >= 11 is 0. The number of benzene rings is 1. The zero-order chi connectivity index (χ0) is 65.6. The van der Waals surface area contributed by atoms with Crippen molar-refractivity contribution in [3.05, 3.63) is 29.8 Å². The van der Waals surface area contributed by atoms with Crippen LogP contribution in [0.15, 0.2) is 24.3 Å². The minimum atomic E-state index is -1.35. The molecule has 500 valence electrons. The van der Waals surface area contributed by atoms with Gasteiger partial charge in [-0.15, -0.1) is 0 Å². The van der Waals surface area contributed by atoms with Gasteiger partial charge in [-0.05, 0) is 75.6 Å². The molecule has 0 heterocycles. The van der Waals surface area contributed by atoms with Gasteiger partial charge in [0.1, 0.15) is 36.9 Å². The van der Waals surface area contributed by atoms with E-state index >= 15 is 0 Å². The van der Waals surface area contributed by atoms with E-state index < -0.39 is 66.0 Å². The molecule has 0 aliphatic heterocycles.